The zero-order valence-electron chi connectivity index (χ0n) is 22.7. The molecule has 0 bridgehead atoms. The first-order valence-corrected chi connectivity index (χ1v) is 14.1. The maximum absolute atomic E-state index is 12.0. The SMILES string of the molecule is CC(=O)c1ccc2nc(CN3CCN(c4ccc5cn(Cc6ccccc6)nc5n4)CC3)n(C[C@@H]3CCO3)c2c1. The summed E-state index contributed by atoms with van der Waals surface area (Å²) in [7, 11) is 0. The third-order valence-electron chi connectivity index (χ3n) is 8.06. The van der Waals surface area contributed by atoms with Gasteiger partial charge in [-0.1, -0.05) is 30.3 Å². The van der Waals surface area contributed by atoms with Crippen molar-refractivity contribution in [3.05, 3.63) is 83.8 Å². The summed E-state index contributed by atoms with van der Waals surface area (Å²) in [6.45, 7) is 8.33. The van der Waals surface area contributed by atoms with Crippen molar-refractivity contribution in [2.24, 2.45) is 0 Å². The summed E-state index contributed by atoms with van der Waals surface area (Å²) in [4.78, 5) is 26.7. The van der Waals surface area contributed by atoms with Gasteiger partial charge in [-0.3, -0.25) is 14.4 Å². The lowest BCUT2D eigenvalue weighted by atomic mass is 10.1. The smallest absolute Gasteiger partial charge is 0.183 e. The monoisotopic (exact) mass is 535 g/mol. The van der Waals surface area contributed by atoms with Crippen molar-refractivity contribution in [2.45, 2.75) is 39.1 Å². The van der Waals surface area contributed by atoms with Crippen molar-refractivity contribution < 1.29 is 9.53 Å². The number of Topliss-reactive ketones (excluding diaryl/α,β-unsaturated/α-hetero) is 1. The Kier molecular flexibility index (Phi) is 6.53. The van der Waals surface area contributed by atoms with Crippen LogP contribution in [0.4, 0.5) is 5.82 Å². The van der Waals surface area contributed by atoms with E-state index in [1.165, 1.54) is 5.56 Å². The first-order chi connectivity index (χ1) is 19.6. The highest BCUT2D eigenvalue weighted by Gasteiger charge is 2.25. The molecule has 9 nitrogen and oxygen atoms in total. The Hall–Kier alpha value is -4.08. The normalized spacial score (nSPS) is 17.9. The zero-order valence-corrected chi connectivity index (χ0v) is 22.7. The molecular weight excluding hydrogens is 502 g/mol. The van der Waals surface area contributed by atoms with Crippen LogP contribution in [0.5, 0.6) is 0 Å². The van der Waals surface area contributed by atoms with Crippen LogP contribution in [0.2, 0.25) is 0 Å². The van der Waals surface area contributed by atoms with Crippen LogP contribution in [0, 0.1) is 0 Å². The molecule has 0 spiro atoms. The number of pyridine rings is 1. The van der Waals surface area contributed by atoms with Gasteiger partial charge >= 0.3 is 0 Å². The largest absolute Gasteiger partial charge is 0.376 e. The molecular formula is C31H33N7O2. The summed E-state index contributed by atoms with van der Waals surface area (Å²) in [5, 5.41) is 5.80. The Bertz CT molecular complexity index is 1660. The number of carbonyl (C=O) groups is 1. The van der Waals surface area contributed by atoms with Gasteiger partial charge in [-0.2, -0.15) is 5.10 Å². The Morgan fingerprint density at radius 3 is 2.55 bits per heavy atom. The highest BCUT2D eigenvalue weighted by atomic mass is 16.5. The van der Waals surface area contributed by atoms with Gasteiger partial charge in [0.2, 0.25) is 0 Å². The molecule has 2 fully saturated rings. The number of benzene rings is 2. The van der Waals surface area contributed by atoms with Crippen LogP contribution in [-0.4, -0.2) is 73.9 Å². The Balaban J connectivity index is 1.04. The average molecular weight is 536 g/mol. The van der Waals surface area contributed by atoms with Crippen LogP contribution in [-0.2, 0) is 24.4 Å². The average Bonchev–Trinajstić information content (AvgIpc) is 3.50. The van der Waals surface area contributed by atoms with Crippen LogP contribution < -0.4 is 4.90 Å². The highest BCUT2D eigenvalue weighted by Crippen LogP contribution is 2.25. The van der Waals surface area contributed by atoms with Gasteiger partial charge in [-0.05, 0) is 49.2 Å². The lowest BCUT2D eigenvalue weighted by Crippen LogP contribution is -2.46. The molecule has 2 aliphatic heterocycles. The molecule has 2 saturated heterocycles. The molecule has 1 atom stereocenters. The fourth-order valence-electron chi connectivity index (χ4n) is 5.65. The number of hydrogen-bond acceptors (Lipinski definition) is 7. The van der Waals surface area contributed by atoms with Crippen molar-refractivity contribution in [3.63, 3.8) is 0 Å². The first-order valence-electron chi connectivity index (χ1n) is 14.1. The number of carbonyl (C=O) groups excluding carboxylic acids is 1. The standard InChI is InChI=1S/C31H33N7O2/c1-22(39)24-7-9-27-28(17-24)38(20-26-11-16-40-26)30(32-27)21-35-12-14-36(15-13-35)29-10-8-25-19-37(34-31(25)33-29)18-23-5-3-2-4-6-23/h2-10,17,19,26H,11-16,18,20-21H2,1H3/t26-/m0/s1. The molecule has 2 aliphatic rings. The molecule has 204 valence electrons. The van der Waals surface area contributed by atoms with Gasteiger partial charge in [0.05, 0.1) is 36.8 Å². The maximum atomic E-state index is 12.0. The Morgan fingerprint density at radius 1 is 0.975 bits per heavy atom. The minimum absolute atomic E-state index is 0.0713. The number of anilines is 1. The number of ether oxygens (including phenoxy) is 1. The Morgan fingerprint density at radius 2 is 1.80 bits per heavy atom. The third-order valence-corrected chi connectivity index (χ3v) is 8.06. The molecule has 0 saturated carbocycles. The lowest BCUT2D eigenvalue weighted by molar-refractivity contribution is -0.0592. The molecule has 40 heavy (non-hydrogen) atoms. The summed E-state index contributed by atoms with van der Waals surface area (Å²) >= 11 is 0. The zero-order chi connectivity index (χ0) is 27.1. The summed E-state index contributed by atoms with van der Waals surface area (Å²) in [6.07, 6.45) is 3.34. The number of fused-ring (bicyclic) bond motifs is 2. The highest BCUT2D eigenvalue weighted by molar-refractivity contribution is 5.97. The second-order valence-electron chi connectivity index (χ2n) is 10.8. The van der Waals surface area contributed by atoms with E-state index in [-0.39, 0.29) is 11.9 Å². The van der Waals surface area contributed by atoms with E-state index in [1.54, 1.807) is 6.92 Å². The van der Waals surface area contributed by atoms with Crippen molar-refractivity contribution in [1.82, 2.24) is 29.2 Å². The summed E-state index contributed by atoms with van der Waals surface area (Å²) in [5.41, 5.74) is 4.67. The van der Waals surface area contributed by atoms with Gasteiger partial charge in [0, 0.05) is 49.9 Å². The van der Waals surface area contributed by atoms with E-state index in [0.29, 0.717) is 0 Å². The van der Waals surface area contributed by atoms with E-state index in [4.69, 9.17) is 19.8 Å². The number of hydrogen-bond donors (Lipinski definition) is 0. The van der Waals surface area contributed by atoms with Crippen LogP contribution >= 0.6 is 0 Å². The number of imidazole rings is 1. The molecule has 7 rings (SSSR count). The molecule has 2 aromatic carbocycles. The van der Waals surface area contributed by atoms with Crippen LogP contribution in [0.3, 0.4) is 0 Å². The fraction of sp³-hybridized carbons (Fsp3) is 0.355. The van der Waals surface area contributed by atoms with E-state index in [1.807, 2.05) is 28.9 Å². The van der Waals surface area contributed by atoms with Crippen molar-refractivity contribution in [1.29, 1.82) is 0 Å². The summed E-state index contributed by atoms with van der Waals surface area (Å²) in [6, 6.07) is 20.4. The van der Waals surface area contributed by atoms with Crippen molar-refractivity contribution in [3.8, 4) is 0 Å². The number of aromatic nitrogens is 5. The quantitative estimate of drug-likeness (QED) is 0.276. The predicted molar refractivity (Wildman–Crippen MR) is 155 cm³/mol. The first kappa shape index (κ1) is 24.9. The van der Waals surface area contributed by atoms with Crippen molar-refractivity contribution >= 4 is 33.7 Å². The summed E-state index contributed by atoms with van der Waals surface area (Å²) < 4.78 is 9.98. The molecule has 5 heterocycles. The van der Waals surface area contributed by atoms with E-state index in [9.17, 15) is 4.79 Å². The number of rotatable bonds is 8. The molecule has 9 heteroatoms. The van der Waals surface area contributed by atoms with Gasteiger partial charge in [-0.25, -0.2) is 9.97 Å². The van der Waals surface area contributed by atoms with Crippen LogP contribution in [0.1, 0.15) is 35.1 Å². The molecule has 5 aromatic rings. The topological polar surface area (TPSA) is 81.3 Å². The minimum atomic E-state index is 0.0713. The van der Waals surface area contributed by atoms with E-state index in [2.05, 4.69) is 57.0 Å². The number of ketones is 1. The lowest BCUT2D eigenvalue weighted by Gasteiger charge is -2.35. The predicted octanol–water partition coefficient (Wildman–Crippen LogP) is 4.14. The van der Waals surface area contributed by atoms with Crippen LogP contribution in [0.25, 0.3) is 22.1 Å². The number of nitrogens with zero attached hydrogens (tertiary/aromatic N) is 7. The van der Waals surface area contributed by atoms with Gasteiger partial charge in [0.1, 0.15) is 11.6 Å². The van der Waals surface area contributed by atoms with E-state index >= 15 is 0 Å². The van der Waals surface area contributed by atoms with Crippen molar-refractivity contribution in [2.75, 3.05) is 37.7 Å². The Labute approximate surface area is 233 Å². The van der Waals surface area contributed by atoms with Gasteiger partial charge in [0.25, 0.3) is 0 Å². The molecule has 0 aliphatic carbocycles. The van der Waals surface area contributed by atoms with Gasteiger partial charge in [-0.15, -0.1) is 0 Å². The van der Waals surface area contributed by atoms with Crippen LogP contribution in [0.15, 0.2) is 66.9 Å². The molecule has 0 radical (unpaired) electrons. The second-order valence-corrected chi connectivity index (χ2v) is 10.8. The molecule has 0 unspecified atom stereocenters. The van der Waals surface area contributed by atoms with E-state index in [0.717, 1.165) is 98.1 Å². The van der Waals surface area contributed by atoms with Gasteiger partial charge < -0.3 is 14.2 Å². The number of piperazine rings is 1. The minimum Gasteiger partial charge on any atom is -0.376 e. The maximum Gasteiger partial charge on any atom is 0.183 e. The second kappa shape index (κ2) is 10.5. The van der Waals surface area contributed by atoms with Gasteiger partial charge in [0.15, 0.2) is 11.4 Å². The summed E-state index contributed by atoms with van der Waals surface area (Å²) in [5.74, 6) is 2.08. The molecule has 3 aromatic heterocycles. The third kappa shape index (κ3) is 4.98. The molecule has 0 amide bonds. The fourth-order valence-corrected chi connectivity index (χ4v) is 5.65. The molecule has 0 N–H and O–H groups in total. The van der Waals surface area contributed by atoms with E-state index < -0.39 is 0 Å².